The molecule has 6 heteroatoms. The number of hydrogen-bond acceptors (Lipinski definition) is 3. The van der Waals surface area contributed by atoms with Gasteiger partial charge in [0.2, 0.25) is 0 Å². The van der Waals surface area contributed by atoms with E-state index in [9.17, 15) is 13.6 Å². The third kappa shape index (κ3) is 2.63. The molecule has 0 bridgehead atoms. The molecular formula is C13H12F2N2OS. The van der Waals surface area contributed by atoms with Crippen molar-refractivity contribution in [3.8, 4) is 0 Å². The van der Waals surface area contributed by atoms with E-state index in [2.05, 4.69) is 4.98 Å². The Kier molecular flexibility index (Phi) is 3.61. The molecule has 0 aliphatic heterocycles. The number of halogens is 2. The van der Waals surface area contributed by atoms with E-state index >= 15 is 0 Å². The molecule has 2 rings (SSSR count). The van der Waals surface area contributed by atoms with Crippen molar-refractivity contribution in [2.45, 2.75) is 13.8 Å². The van der Waals surface area contributed by atoms with Crippen LogP contribution in [0.4, 0.5) is 13.9 Å². The van der Waals surface area contributed by atoms with Crippen LogP contribution in [0.1, 0.15) is 20.9 Å². The van der Waals surface area contributed by atoms with Gasteiger partial charge in [-0.25, -0.2) is 13.8 Å². The van der Waals surface area contributed by atoms with E-state index in [0.29, 0.717) is 5.13 Å². The van der Waals surface area contributed by atoms with Crippen molar-refractivity contribution in [1.29, 1.82) is 0 Å². The van der Waals surface area contributed by atoms with Crippen LogP contribution in [0.5, 0.6) is 0 Å². The van der Waals surface area contributed by atoms with Gasteiger partial charge in [-0.15, -0.1) is 11.3 Å². The molecule has 0 saturated heterocycles. The Balaban J connectivity index is 2.30. The number of amides is 1. The van der Waals surface area contributed by atoms with Crippen LogP contribution in [0.2, 0.25) is 0 Å². The van der Waals surface area contributed by atoms with Crippen molar-refractivity contribution < 1.29 is 13.6 Å². The van der Waals surface area contributed by atoms with Crippen LogP contribution >= 0.6 is 11.3 Å². The zero-order valence-corrected chi connectivity index (χ0v) is 11.5. The lowest BCUT2D eigenvalue weighted by atomic mass is 10.2. The Hall–Kier alpha value is -1.82. The highest BCUT2D eigenvalue weighted by Gasteiger charge is 2.18. The van der Waals surface area contributed by atoms with Gasteiger partial charge in [-0.05, 0) is 32.0 Å². The first-order chi connectivity index (χ1) is 8.90. The predicted octanol–water partition coefficient (Wildman–Crippen LogP) is 3.31. The van der Waals surface area contributed by atoms with Crippen LogP contribution in [0.3, 0.4) is 0 Å². The van der Waals surface area contributed by atoms with Crippen molar-refractivity contribution in [3.05, 3.63) is 46.0 Å². The molecule has 0 atom stereocenters. The molecule has 0 fully saturated rings. The first kappa shape index (κ1) is 13.6. The number of benzene rings is 1. The third-order valence-electron chi connectivity index (χ3n) is 2.78. The van der Waals surface area contributed by atoms with Crippen LogP contribution in [-0.4, -0.2) is 17.9 Å². The summed E-state index contributed by atoms with van der Waals surface area (Å²) in [5, 5.41) is 0.532. The fourth-order valence-corrected chi connectivity index (χ4v) is 2.38. The van der Waals surface area contributed by atoms with E-state index in [4.69, 9.17) is 0 Å². The first-order valence-electron chi connectivity index (χ1n) is 5.57. The maximum atomic E-state index is 13.1. The third-order valence-corrected chi connectivity index (χ3v) is 3.92. The lowest BCUT2D eigenvalue weighted by Crippen LogP contribution is -2.26. The normalized spacial score (nSPS) is 10.6. The van der Waals surface area contributed by atoms with E-state index in [1.165, 1.54) is 22.3 Å². The molecule has 0 aliphatic rings. The number of carbonyl (C=O) groups excluding carboxylic acids is 1. The lowest BCUT2D eigenvalue weighted by molar-refractivity contribution is 0.0992. The van der Waals surface area contributed by atoms with Crippen molar-refractivity contribution in [2.75, 3.05) is 11.9 Å². The van der Waals surface area contributed by atoms with Gasteiger partial charge in [-0.3, -0.25) is 9.69 Å². The number of aryl methyl sites for hydroxylation is 2. The maximum absolute atomic E-state index is 13.1. The zero-order valence-electron chi connectivity index (χ0n) is 10.7. The second kappa shape index (κ2) is 5.05. The van der Waals surface area contributed by atoms with Crippen LogP contribution in [0.25, 0.3) is 0 Å². The van der Waals surface area contributed by atoms with Gasteiger partial charge in [0.05, 0.1) is 5.69 Å². The number of rotatable bonds is 2. The van der Waals surface area contributed by atoms with E-state index in [1.807, 2.05) is 13.8 Å². The molecule has 1 heterocycles. The van der Waals surface area contributed by atoms with Gasteiger partial charge in [-0.1, -0.05) is 0 Å². The molecule has 0 radical (unpaired) electrons. The second-order valence-electron chi connectivity index (χ2n) is 4.13. The predicted molar refractivity (Wildman–Crippen MR) is 70.7 cm³/mol. The van der Waals surface area contributed by atoms with Crippen molar-refractivity contribution in [1.82, 2.24) is 4.98 Å². The minimum Gasteiger partial charge on any atom is -0.287 e. The van der Waals surface area contributed by atoms with Crippen LogP contribution in [0.15, 0.2) is 18.2 Å². The van der Waals surface area contributed by atoms with E-state index in [-0.39, 0.29) is 5.56 Å². The van der Waals surface area contributed by atoms with E-state index in [0.717, 1.165) is 22.7 Å². The Morgan fingerprint density at radius 3 is 2.47 bits per heavy atom. The molecule has 0 spiro atoms. The topological polar surface area (TPSA) is 33.2 Å². The van der Waals surface area contributed by atoms with Gasteiger partial charge in [-0.2, -0.15) is 0 Å². The SMILES string of the molecule is Cc1nc(N(C)C(=O)c2ccc(F)c(F)c2)sc1C. The summed E-state index contributed by atoms with van der Waals surface area (Å²) in [7, 11) is 1.56. The number of hydrogen-bond donors (Lipinski definition) is 0. The summed E-state index contributed by atoms with van der Waals surface area (Å²) in [6.45, 7) is 3.76. The van der Waals surface area contributed by atoms with Crippen LogP contribution < -0.4 is 4.90 Å². The van der Waals surface area contributed by atoms with Gasteiger partial charge in [0, 0.05) is 17.5 Å². The number of aromatic nitrogens is 1. The zero-order chi connectivity index (χ0) is 14.2. The van der Waals surface area contributed by atoms with Gasteiger partial charge >= 0.3 is 0 Å². The van der Waals surface area contributed by atoms with E-state index in [1.54, 1.807) is 7.05 Å². The fourth-order valence-electron chi connectivity index (χ4n) is 1.51. The Bertz CT molecular complexity index is 620. The number of carbonyl (C=O) groups is 1. The smallest absolute Gasteiger partial charge is 0.259 e. The molecule has 2 aromatic rings. The monoisotopic (exact) mass is 282 g/mol. The maximum Gasteiger partial charge on any atom is 0.259 e. The minimum absolute atomic E-state index is 0.0897. The first-order valence-corrected chi connectivity index (χ1v) is 6.39. The second-order valence-corrected chi connectivity index (χ2v) is 5.31. The summed E-state index contributed by atoms with van der Waals surface area (Å²) in [5.74, 6) is -2.43. The summed E-state index contributed by atoms with van der Waals surface area (Å²) >= 11 is 1.38. The number of nitrogens with zero attached hydrogens (tertiary/aromatic N) is 2. The van der Waals surface area contributed by atoms with Crippen LogP contribution in [-0.2, 0) is 0 Å². The molecule has 19 heavy (non-hydrogen) atoms. The van der Waals surface area contributed by atoms with Gasteiger partial charge in [0.1, 0.15) is 0 Å². The standard InChI is InChI=1S/C13H12F2N2OS/c1-7-8(2)19-13(16-7)17(3)12(18)9-4-5-10(14)11(15)6-9/h4-6H,1-3H3. The molecular weight excluding hydrogens is 270 g/mol. The van der Waals surface area contributed by atoms with Gasteiger partial charge in [0.25, 0.3) is 5.91 Å². The molecule has 100 valence electrons. The van der Waals surface area contributed by atoms with Gasteiger partial charge < -0.3 is 0 Å². The molecule has 0 N–H and O–H groups in total. The molecule has 1 aromatic heterocycles. The van der Waals surface area contributed by atoms with Crippen molar-refractivity contribution in [2.24, 2.45) is 0 Å². The van der Waals surface area contributed by atoms with E-state index < -0.39 is 17.5 Å². The molecule has 0 unspecified atom stereocenters. The fraction of sp³-hybridized carbons (Fsp3) is 0.231. The highest BCUT2D eigenvalue weighted by Crippen LogP contribution is 2.25. The van der Waals surface area contributed by atoms with Crippen LogP contribution in [0, 0.1) is 25.5 Å². The summed E-state index contributed by atoms with van der Waals surface area (Å²) in [4.78, 5) is 18.7. The summed E-state index contributed by atoms with van der Waals surface area (Å²) in [6.07, 6.45) is 0. The van der Waals surface area contributed by atoms with Crippen molar-refractivity contribution in [3.63, 3.8) is 0 Å². The van der Waals surface area contributed by atoms with Crippen molar-refractivity contribution >= 4 is 22.4 Å². The summed E-state index contributed by atoms with van der Waals surface area (Å²) in [5.41, 5.74) is 0.942. The number of thiazole rings is 1. The highest BCUT2D eigenvalue weighted by atomic mass is 32.1. The highest BCUT2D eigenvalue weighted by molar-refractivity contribution is 7.15. The molecule has 3 nitrogen and oxygen atoms in total. The average molecular weight is 282 g/mol. The molecule has 1 amide bonds. The minimum atomic E-state index is -1.04. The quantitative estimate of drug-likeness (QED) is 0.846. The molecule has 1 aromatic carbocycles. The Labute approximate surface area is 113 Å². The largest absolute Gasteiger partial charge is 0.287 e. The summed E-state index contributed by atoms with van der Waals surface area (Å²) in [6, 6.07) is 3.08. The Morgan fingerprint density at radius 2 is 1.95 bits per heavy atom. The van der Waals surface area contributed by atoms with Gasteiger partial charge in [0.15, 0.2) is 16.8 Å². The Morgan fingerprint density at radius 1 is 1.26 bits per heavy atom. The summed E-state index contributed by atoms with van der Waals surface area (Å²) < 4.78 is 25.9. The average Bonchev–Trinajstić information content (AvgIpc) is 2.71. The molecule has 0 saturated carbocycles. The number of anilines is 1. The molecule has 0 aliphatic carbocycles. The lowest BCUT2D eigenvalue weighted by Gasteiger charge is -2.13.